The quantitative estimate of drug-likeness (QED) is 0.481. The Hall–Kier alpha value is 0.557. The van der Waals surface area contributed by atoms with Gasteiger partial charge in [-0.2, -0.15) is 0 Å². The Morgan fingerprint density at radius 3 is 1.67 bits per heavy atom. The molecule has 0 aliphatic carbocycles. The summed E-state index contributed by atoms with van der Waals surface area (Å²) in [7, 11) is 0. The van der Waals surface area contributed by atoms with E-state index in [0.29, 0.717) is 0 Å². The minimum Gasteiger partial charge on any atom is -1.00 e. The summed E-state index contributed by atoms with van der Waals surface area (Å²) >= 11 is 0. The molecule has 0 aromatic rings. The van der Waals surface area contributed by atoms with Crippen LogP contribution in [-0.4, -0.2) is 24.5 Å². The van der Waals surface area contributed by atoms with Gasteiger partial charge in [0, 0.05) is 0 Å². The molecule has 0 N–H and O–H groups in total. The second-order valence-corrected chi connectivity index (χ2v) is 3.20. The predicted octanol–water partition coefficient (Wildman–Crippen LogP) is 0.0250. The molecule has 1 nitrogen and oxygen atoms in total. The van der Waals surface area contributed by atoms with Crippen molar-refractivity contribution in [1.29, 1.82) is 0 Å². The number of hydrogen-bond donors (Lipinski definition) is 0. The van der Waals surface area contributed by atoms with Gasteiger partial charge < -0.3 is 6.33 Å². The molecule has 70 valence electrons. The van der Waals surface area contributed by atoms with E-state index in [1.54, 1.807) is 0 Å². The van der Waals surface area contributed by atoms with Gasteiger partial charge in [0.25, 0.3) is 0 Å². The van der Waals surface area contributed by atoms with Crippen molar-refractivity contribution < 1.29 is 20.3 Å². The maximum Gasteiger partial charge on any atom is 1.00 e. The first-order valence-corrected chi connectivity index (χ1v) is 5.07. The third-order valence-corrected chi connectivity index (χ3v) is 1.91. The molecule has 12 heavy (non-hydrogen) atoms. The Labute approximate surface area is 91.6 Å². The summed E-state index contributed by atoms with van der Waals surface area (Å²) in [6.07, 6.45) is 5.28. The first-order chi connectivity index (χ1) is 5.35. The summed E-state index contributed by atoms with van der Waals surface area (Å²) in [5.41, 5.74) is 0. The van der Waals surface area contributed by atoms with Gasteiger partial charge in [0.15, 0.2) is 0 Å². The molecular weight excluding hydrogens is 141 g/mol. The molecule has 0 saturated heterocycles. The van der Waals surface area contributed by atoms with E-state index in [1.165, 1.54) is 45.3 Å². The largest absolute Gasteiger partial charge is 1.00 e. The van der Waals surface area contributed by atoms with Crippen LogP contribution in [0.15, 0.2) is 0 Å². The predicted molar refractivity (Wildman–Crippen MR) is 53.0 cm³/mol. The average molecular weight is 165 g/mol. The van der Waals surface area contributed by atoms with Crippen LogP contribution in [0.3, 0.4) is 0 Å². The molecule has 0 atom stereocenters. The van der Waals surface area contributed by atoms with Crippen molar-refractivity contribution in [3.63, 3.8) is 0 Å². The van der Waals surface area contributed by atoms with E-state index in [9.17, 15) is 0 Å². The zero-order chi connectivity index (χ0) is 8.53. The summed E-state index contributed by atoms with van der Waals surface area (Å²) in [6.45, 7) is 10.7. The molecule has 0 aromatic carbocycles. The van der Waals surface area contributed by atoms with Crippen molar-refractivity contribution in [1.82, 2.24) is 4.90 Å². The fourth-order valence-electron chi connectivity index (χ4n) is 1.35. The summed E-state index contributed by atoms with van der Waals surface area (Å²) in [6, 6.07) is 0. The van der Waals surface area contributed by atoms with Gasteiger partial charge in [-0.1, -0.05) is 27.2 Å². The fraction of sp³-hybridized carbons (Fsp3) is 1.00. The summed E-state index contributed by atoms with van der Waals surface area (Å²) in [4.78, 5) is 2.57. The number of rotatable bonds is 7. The van der Waals surface area contributed by atoms with E-state index in [0.717, 1.165) is 0 Å². The van der Waals surface area contributed by atoms with Crippen LogP contribution in [0.4, 0.5) is 0 Å². The summed E-state index contributed by atoms with van der Waals surface area (Å²) in [5, 5.41) is 0. The third kappa shape index (κ3) is 8.65. The van der Waals surface area contributed by atoms with Crippen molar-refractivity contribution in [2.45, 2.75) is 46.5 Å². The second-order valence-electron chi connectivity index (χ2n) is 3.20. The topological polar surface area (TPSA) is 3.24 Å². The molecule has 0 heterocycles. The minimum atomic E-state index is 0. The first-order valence-electron chi connectivity index (χ1n) is 5.07. The van der Waals surface area contributed by atoms with Crippen LogP contribution < -0.4 is 18.9 Å². The molecule has 0 saturated carbocycles. The van der Waals surface area contributed by atoms with E-state index < -0.39 is 0 Å². The van der Waals surface area contributed by atoms with Gasteiger partial charge in [-0.25, -0.2) is 0 Å². The number of nitrogens with zero attached hydrogens (tertiary/aromatic N) is 1. The van der Waals surface area contributed by atoms with E-state index in [-0.39, 0.29) is 20.3 Å². The molecule has 0 aromatic heterocycles. The Bertz CT molecular complexity index is 75.3. The molecular formula is C10H24LiN. The minimum absolute atomic E-state index is 0. The zero-order valence-corrected chi connectivity index (χ0v) is 9.40. The Morgan fingerprint density at radius 2 is 1.33 bits per heavy atom. The van der Waals surface area contributed by atoms with Gasteiger partial charge in [-0.05, 0) is 38.9 Å². The van der Waals surface area contributed by atoms with Crippen molar-refractivity contribution in [2.75, 3.05) is 19.6 Å². The normalized spacial score (nSPS) is 10.0. The van der Waals surface area contributed by atoms with E-state index in [2.05, 4.69) is 25.7 Å². The van der Waals surface area contributed by atoms with Crippen LogP contribution in [-0.2, 0) is 0 Å². The Balaban J connectivity index is -0.000000500. The van der Waals surface area contributed by atoms with E-state index >= 15 is 0 Å². The molecule has 0 rings (SSSR count). The SMILES string of the molecule is CCCCN(CCC)CCC.[H-].[Li+]. The molecule has 0 aliphatic rings. The van der Waals surface area contributed by atoms with Crippen LogP contribution >= 0.6 is 0 Å². The maximum absolute atomic E-state index is 2.57. The van der Waals surface area contributed by atoms with Crippen LogP contribution in [0.5, 0.6) is 0 Å². The maximum atomic E-state index is 2.57. The summed E-state index contributed by atoms with van der Waals surface area (Å²) < 4.78 is 0. The number of hydrogen-bond acceptors (Lipinski definition) is 1. The van der Waals surface area contributed by atoms with E-state index in [1.807, 2.05) is 0 Å². The van der Waals surface area contributed by atoms with E-state index in [4.69, 9.17) is 0 Å². The Morgan fingerprint density at radius 1 is 0.833 bits per heavy atom. The monoisotopic (exact) mass is 165 g/mol. The molecule has 0 amide bonds. The fourth-order valence-corrected chi connectivity index (χ4v) is 1.35. The van der Waals surface area contributed by atoms with Gasteiger partial charge in [-0.15, -0.1) is 0 Å². The van der Waals surface area contributed by atoms with Crippen LogP contribution in [0, 0.1) is 0 Å². The van der Waals surface area contributed by atoms with Crippen LogP contribution in [0.25, 0.3) is 0 Å². The van der Waals surface area contributed by atoms with Crippen molar-refractivity contribution >= 4 is 0 Å². The second kappa shape index (κ2) is 11.6. The van der Waals surface area contributed by atoms with Crippen molar-refractivity contribution in [3.05, 3.63) is 0 Å². The molecule has 0 unspecified atom stereocenters. The summed E-state index contributed by atoms with van der Waals surface area (Å²) in [5.74, 6) is 0. The Kier molecular flexibility index (Phi) is 14.5. The molecule has 0 aliphatic heterocycles. The third-order valence-electron chi connectivity index (χ3n) is 1.91. The van der Waals surface area contributed by atoms with Gasteiger partial charge in [0.1, 0.15) is 0 Å². The molecule has 0 fully saturated rings. The van der Waals surface area contributed by atoms with Crippen LogP contribution in [0.1, 0.15) is 47.9 Å². The first kappa shape index (κ1) is 15.0. The smallest absolute Gasteiger partial charge is 1.00 e. The number of unbranched alkanes of at least 4 members (excludes halogenated alkanes) is 1. The molecule has 0 spiro atoms. The molecule has 0 radical (unpaired) electrons. The molecule has 0 bridgehead atoms. The van der Waals surface area contributed by atoms with Crippen molar-refractivity contribution in [2.24, 2.45) is 0 Å². The van der Waals surface area contributed by atoms with Gasteiger partial charge >= 0.3 is 18.9 Å². The van der Waals surface area contributed by atoms with Crippen molar-refractivity contribution in [3.8, 4) is 0 Å². The standard InChI is InChI=1S/C10H23N.Li.H/c1-4-7-10-11(8-5-2)9-6-3;;/h4-10H2,1-3H3;;/q;+1;-1. The van der Waals surface area contributed by atoms with Gasteiger partial charge in [0.2, 0.25) is 0 Å². The van der Waals surface area contributed by atoms with Gasteiger partial charge in [0.05, 0.1) is 0 Å². The average Bonchev–Trinajstić information content (AvgIpc) is 2.01. The van der Waals surface area contributed by atoms with Crippen LogP contribution in [0.2, 0.25) is 0 Å². The molecule has 2 heteroatoms. The zero-order valence-electron chi connectivity index (χ0n) is 10.4. The van der Waals surface area contributed by atoms with Gasteiger partial charge in [-0.3, -0.25) is 0 Å².